The number of aromatic nitrogens is 2. The largest absolute Gasteiger partial charge is 0.325 e. The molecule has 1 saturated heterocycles. The second kappa shape index (κ2) is 14.0. The second-order valence-electron chi connectivity index (χ2n) is 7.73. The molecule has 1 aromatic carbocycles. The van der Waals surface area contributed by atoms with Crippen LogP contribution in [0.1, 0.15) is 56.0 Å². The van der Waals surface area contributed by atoms with Crippen molar-refractivity contribution in [3.05, 3.63) is 77.5 Å². The molecule has 4 heteroatoms. The van der Waals surface area contributed by atoms with Gasteiger partial charge in [0.15, 0.2) is 5.65 Å². The number of rotatable bonds is 4. The van der Waals surface area contributed by atoms with Crippen molar-refractivity contribution >= 4 is 21.7 Å². The smallest absolute Gasteiger partial charge is 0.151 e. The van der Waals surface area contributed by atoms with E-state index in [1.165, 1.54) is 53.0 Å². The summed E-state index contributed by atoms with van der Waals surface area (Å²) in [4.78, 5) is 6.92. The summed E-state index contributed by atoms with van der Waals surface area (Å²) in [6, 6.07) is 8.61. The van der Waals surface area contributed by atoms with Crippen LogP contribution in [0.5, 0.6) is 0 Å². The lowest BCUT2D eigenvalue weighted by molar-refractivity contribution is 0.418. The number of allylic oxidation sites excluding steroid dienone is 1. The Balaban J connectivity index is 0.000000404. The summed E-state index contributed by atoms with van der Waals surface area (Å²) < 4.78 is 3.61. The first-order chi connectivity index (χ1) is 15.0. The molecule has 0 unspecified atom stereocenters. The Labute approximate surface area is 194 Å². The lowest BCUT2D eigenvalue weighted by atomic mass is 10.0. The minimum atomic E-state index is 0.847. The van der Waals surface area contributed by atoms with E-state index < -0.39 is 0 Å². The summed E-state index contributed by atoms with van der Waals surface area (Å²) in [5, 5.41) is 0. The third kappa shape index (κ3) is 7.48. The van der Waals surface area contributed by atoms with Crippen molar-refractivity contribution in [2.24, 2.45) is 0 Å². The molecule has 0 saturated carbocycles. The zero-order chi connectivity index (χ0) is 23.4. The third-order valence-electron chi connectivity index (χ3n) is 5.31. The van der Waals surface area contributed by atoms with Gasteiger partial charge in [0.2, 0.25) is 0 Å². The van der Waals surface area contributed by atoms with Crippen LogP contribution in [-0.4, -0.2) is 34.6 Å². The molecule has 3 heterocycles. The predicted octanol–water partition coefficient (Wildman–Crippen LogP) is 7.42. The molecule has 3 nitrogen and oxygen atoms in total. The molecule has 0 radical (unpaired) electrons. The zero-order valence-electron chi connectivity index (χ0n) is 20.5. The monoisotopic (exact) mass is 439 g/mol. The van der Waals surface area contributed by atoms with Crippen LogP contribution in [-0.2, 0) is 13.0 Å². The molecule has 1 aliphatic heterocycles. The van der Waals surface area contributed by atoms with E-state index in [1.807, 2.05) is 19.4 Å². The molecule has 31 heavy (non-hydrogen) atoms. The summed E-state index contributed by atoms with van der Waals surface area (Å²) in [6.07, 6.45) is 3.80. The van der Waals surface area contributed by atoms with Crippen molar-refractivity contribution in [1.82, 2.24) is 14.5 Å². The van der Waals surface area contributed by atoms with Crippen molar-refractivity contribution in [1.29, 1.82) is 0 Å². The average molecular weight is 440 g/mol. The topological polar surface area (TPSA) is 21.1 Å². The second-order valence-corrected chi connectivity index (χ2v) is 8.58. The van der Waals surface area contributed by atoms with Crippen LogP contribution in [0.4, 0.5) is 0 Å². The van der Waals surface area contributed by atoms with E-state index in [-0.39, 0.29) is 0 Å². The van der Waals surface area contributed by atoms with E-state index in [2.05, 4.69) is 86.3 Å². The fourth-order valence-electron chi connectivity index (χ4n) is 3.67. The SMILES string of the molecule is C=C.C=C(C)Cn1c(C)c(Cc2ccccc2C)c2scnc21.CC.CN1CCCC1. The fourth-order valence-corrected chi connectivity index (χ4v) is 4.56. The minimum Gasteiger partial charge on any atom is -0.325 e. The number of fused-ring (bicyclic) bond motifs is 1. The standard InChI is InChI=1S/C18H20N2S.C5H11N.C2H6.C2H4/c1-12(2)10-20-14(4)16(17-18(20)19-11-21-17)9-15-8-6-5-7-13(15)3;1-6-4-2-3-5-6;2*1-2/h5-8,11H,1,9-10H2,2-4H3;2-5H2,1H3;1-2H3;1-2H2. The van der Waals surface area contributed by atoms with Crippen LogP contribution >= 0.6 is 11.3 Å². The normalized spacial score (nSPS) is 12.8. The molecule has 1 fully saturated rings. The number of likely N-dealkylation sites (tertiary alicyclic amines) is 1. The quantitative estimate of drug-likeness (QED) is 0.394. The van der Waals surface area contributed by atoms with Gasteiger partial charge in [-0.3, -0.25) is 0 Å². The Morgan fingerprint density at radius 3 is 2.23 bits per heavy atom. The van der Waals surface area contributed by atoms with Crippen LogP contribution < -0.4 is 0 Å². The van der Waals surface area contributed by atoms with Gasteiger partial charge in [-0.15, -0.1) is 24.5 Å². The first-order valence-corrected chi connectivity index (χ1v) is 12.1. The van der Waals surface area contributed by atoms with Gasteiger partial charge < -0.3 is 9.47 Å². The van der Waals surface area contributed by atoms with Crippen molar-refractivity contribution in [2.75, 3.05) is 20.1 Å². The highest BCUT2D eigenvalue weighted by atomic mass is 32.1. The molecule has 2 aromatic heterocycles. The van der Waals surface area contributed by atoms with E-state index in [0.29, 0.717) is 0 Å². The Morgan fingerprint density at radius 1 is 1.10 bits per heavy atom. The Morgan fingerprint density at radius 2 is 1.71 bits per heavy atom. The van der Waals surface area contributed by atoms with Crippen molar-refractivity contribution in [2.45, 2.75) is 60.4 Å². The molecule has 0 amide bonds. The van der Waals surface area contributed by atoms with Gasteiger partial charge in [0, 0.05) is 18.7 Å². The van der Waals surface area contributed by atoms with Gasteiger partial charge in [-0.25, -0.2) is 4.98 Å². The van der Waals surface area contributed by atoms with Gasteiger partial charge in [-0.1, -0.05) is 50.3 Å². The van der Waals surface area contributed by atoms with E-state index in [9.17, 15) is 0 Å². The molecular weight excluding hydrogens is 398 g/mol. The number of hydrogen-bond donors (Lipinski definition) is 0. The van der Waals surface area contributed by atoms with Gasteiger partial charge >= 0.3 is 0 Å². The lowest BCUT2D eigenvalue weighted by Gasteiger charge is -2.09. The number of nitrogens with zero attached hydrogens (tertiary/aromatic N) is 3. The lowest BCUT2D eigenvalue weighted by Crippen LogP contribution is -2.10. The van der Waals surface area contributed by atoms with Gasteiger partial charge in [-0.2, -0.15) is 0 Å². The molecule has 0 bridgehead atoms. The van der Waals surface area contributed by atoms with Crippen molar-refractivity contribution < 1.29 is 0 Å². The van der Waals surface area contributed by atoms with E-state index in [0.717, 1.165) is 24.2 Å². The molecule has 0 aliphatic carbocycles. The highest BCUT2D eigenvalue weighted by molar-refractivity contribution is 7.17. The van der Waals surface area contributed by atoms with Gasteiger partial charge in [0.1, 0.15) is 0 Å². The number of benzene rings is 1. The highest BCUT2D eigenvalue weighted by Gasteiger charge is 2.17. The molecule has 0 atom stereocenters. The average Bonchev–Trinajstić information content (AvgIpc) is 3.50. The predicted molar refractivity (Wildman–Crippen MR) is 140 cm³/mol. The summed E-state index contributed by atoms with van der Waals surface area (Å²) in [6.45, 7) is 24.0. The zero-order valence-corrected chi connectivity index (χ0v) is 21.3. The van der Waals surface area contributed by atoms with Crippen LogP contribution in [0.3, 0.4) is 0 Å². The van der Waals surface area contributed by atoms with Gasteiger partial charge in [0.25, 0.3) is 0 Å². The van der Waals surface area contributed by atoms with Crippen molar-refractivity contribution in [3.63, 3.8) is 0 Å². The number of thiazole rings is 1. The Kier molecular flexibility index (Phi) is 12.1. The van der Waals surface area contributed by atoms with Crippen LogP contribution in [0.15, 0.2) is 55.1 Å². The van der Waals surface area contributed by atoms with Crippen LogP contribution in [0.25, 0.3) is 10.3 Å². The van der Waals surface area contributed by atoms with Crippen LogP contribution in [0.2, 0.25) is 0 Å². The number of aryl methyl sites for hydroxylation is 1. The van der Waals surface area contributed by atoms with Crippen molar-refractivity contribution in [3.8, 4) is 0 Å². The molecule has 0 spiro atoms. The fraction of sp³-hybridized carbons (Fsp3) is 0.444. The molecule has 4 rings (SSSR count). The maximum absolute atomic E-state index is 4.56. The maximum Gasteiger partial charge on any atom is 0.151 e. The molecule has 170 valence electrons. The van der Waals surface area contributed by atoms with Gasteiger partial charge in [0.05, 0.1) is 10.2 Å². The third-order valence-corrected chi connectivity index (χ3v) is 6.18. The summed E-state index contributed by atoms with van der Waals surface area (Å²) in [7, 11) is 2.17. The number of hydrogen-bond acceptors (Lipinski definition) is 3. The van der Waals surface area contributed by atoms with Gasteiger partial charge in [-0.05, 0) is 70.4 Å². The molecule has 1 aliphatic rings. The Bertz CT molecular complexity index is 929. The highest BCUT2D eigenvalue weighted by Crippen LogP contribution is 2.31. The van der Waals surface area contributed by atoms with E-state index in [1.54, 1.807) is 11.3 Å². The van der Waals surface area contributed by atoms with E-state index in [4.69, 9.17) is 0 Å². The first-order valence-electron chi connectivity index (χ1n) is 11.3. The molecule has 0 N–H and O–H groups in total. The molecular formula is C27H41N3S. The maximum atomic E-state index is 4.56. The summed E-state index contributed by atoms with van der Waals surface area (Å²) in [5.41, 5.74) is 9.67. The summed E-state index contributed by atoms with van der Waals surface area (Å²) >= 11 is 1.74. The minimum absolute atomic E-state index is 0.847. The van der Waals surface area contributed by atoms with E-state index >= 15 is 0 Å². The first kappa shape index (κ1) is 26.9. The Hall–Kier alpha value is -2.17. The summed E-state index contributed by atoms with van der Waals surface area (Å²) in [5.74, 6) is 0. The van der Waals surface area contributed by atoms with Crippen LogP contribution in [0, 0.1) is 13.8 Å². The molecule has 3 aromatic rings.